The molecule has 6 atom stereocenters. The van der Waals surface area contributed by atoms with Crippen LogP contribution in [0.3, 0.4) is 0 Å². The normalized spacial score (nSPS) is 33.3. The first-order chi connectivity index (χ1) is 14.0. The molecule has 0 amide bonds. The second-order valence-corrected chi connectivity index (χ2v) is 7.47. The topological polar surface area (TPSA) is 125 Å². The monoisotopic (exact) mass is 396 g/mol. The van der Waals surface area contributed by atoms with Crippen molar-refractivity contribution in [3.05, 3.63) is 55.0 Å². The molecule has 1 saturated carbocycles. The first-order valence-electron chi connectivity index (χ1n) is 9.35. The predicted octanol–water partition coefficient (Wildman–Crippen LogP) is 0.681. The van der Waals surface area contributed by atoms with E-state index in [1.807, 2.05) is 30.3 Å². The van der Waals surface area contributed by atoms with E-state index in [1.165, 1.54) is 6.33 Å². The Morgan fingerprint density at radius 3 is 2.55 bits per heavy atom. The Morgan fingerprint density at radius 1 is 1.03 bits per heavy atom. The highest BCUT2D eigenvalue weighted by Crippen LogP contribution is 2.52. The van der Waals surface area contributed by atoms with Crippen LogP contribution in [0.4, 0.5) is 0 Å². The summed E-state index contributed by atoms with van der Waals surface area (Å²) in [5, 5.41) is 41.0. The fourth-order valence-electron chi connectivity index (χ4n) is 4.26. The molecule has 8 heteroatoms. The van der Waals surface area contributed by atoms with Gasteiger partial charge in [0.05, 0.1) is 30.2 Å². The average Bonchev–Trinajstić information content (AvgIpc) is 2.87. The molecule has 4 N–H and O–H groups in total. The van der Waals surface area contributed by atoms with Gasteiger partial charge in [0, 0.05) is 11.6 Å². The van der Waals surface area contributed by atoms with Crippen molar-refractivity contribution in [1.29, 1.82) is 0 Å². The average molecular weight is 396 g/mol. The van der Waals surface area contributed by atoms with E-state index >= 15 is 0 Å². The maximum atomic E-state index is 10.5. The number of ether oxygens (including phenoxy) is 2. The molecule has 29 heavy (non-hydrogen) atoms. The van der Waals surface area contributed by atoms with Gasteiger partial charge in [-0.2, -0.15) is 0 Å². The molecule has 8 nitrogen and oxygen atoms in total. The van der Waals surface area contributed by atoms with Crippen molar-refractivity contribution in [2.24, 2.45) is 11.8 Å². The van der Waals surface area contributed by atoms with Gasteiger partial charge in [0.25, 0.3) is 0 Å². The maximum Gasteiger partial charge on any atom is 0.213 e. The van der Waals surface area contributed by atoms with Gasteiger partial charge in [-0.05, 0) is 35.4 Å². The lowest BCUT2D eigenvalue weighted by molar-refractivity contribution is -0.422. The number of aliphatic hydroxyl groups is 4. The van der Waals surface area contributed by atoms with Crippen molar-refractivity contribution < 1.29 is 29.9 Å². The number of rotatable bonds is 4. The van der Waals surface area contributed by atoms with E-state index in [0.29, 0.717) is 5.75 Å². The van der Waals surface area contributed by atoms with Crippen LogP contribution in [0.25, 0.3) is 22.0 Å². The van der Waals surface area contributed by atoms with E-state index in [1.54, 1.807) is 18.3 Å². The Kier molecular flexibility index (Phi) is 4.27. The van der Waals surface area contributed by atoms with Crippen LogP contribution in [0.1, 0.15) is 0 Å². The first kappa shape index (κ1) is 18.4. The third-order valence-corrected chi connectivity index (χ3v) is 5.88. The van der Waals surface area contributed by atoms with Crippen LogP contribution in [0.5, 0.6) is 5.75 Å². The van der Waals surface area contributed by atoms with Gasteiger partial charge in [-0.1, -0.05) is 18.2 Å². The second kappa shape index (κ2) is 6.72. The molecular formula is C21H20N2O6. The lowest BCUT2D eigenvalue weighted by atomic mass is 9.89. The molecular weight excluding hydrogens is 376 g/mol. The van der Waals surface area contributed by atoms with Gasteiger partial charge in [-0.3, -0.25) is 0 Å². The number of hydrogen-bond acceptors (Lipinski definition) is 8. The van der Waals surface area contributed by atoms with Gasteiger partial charge >= 0.3 is 0 Å². The van der Waals surface area contributed by atoms with Crippen molar-refractivity contribution in [3.63, 3.8) is 0 Å². The zero-order valence-electron chi connectivity index (χ0n) is 15.3. The Hall–Kier alpha value is -2.62. The minimum absolute atomic E-state index is 0.497. The number of fused-ring (bicyclic) bond motifs is 2. The van der Waals surface area contributed by atoms with E-state index < -0.39 is 42.7 Å². The smallest absolute Gasteiger partial charge is 0.213 e. The quantitative estimate of drug-likeness (QED) is 0.507. The largest absolute Gasteiger partial charge is 0.464 e. The van der Waals surface area contributed by atoms with Crippen LogP contribution >= 0.6 is 0 Å². The van der Waals surface area contributed by atoms with Crippen molar-refractivity contribution in [2.45, 2.75) is 24.3 Å². The van der Waals surface area contributed by atoms with Crippen molar-refractivity contribution >= 4 is 10.9 Å². The number of hydrogen-bond donors (Lipinski definition) is 4. The maximum absolute atomic E-state index is 10.5. The number of nitrogens with zero attached hydrogens (tertiary/aromatic N) is 2. The molecule has 2 aliphatic rings. The van der Waals surface area contributed by atoms with Crippen LogP contribution in [0.15, 0.2) is 55.0 Å². The molecule has 1 saturated heterocycles. The number of benzene rings is 2. The highest BCUT2D eigenvalue weighted by Gasteiger charge is 2.71. The second-order valence-electron chi connectivity index (χ2n) is 7.47. The van der Waals surface area contributed by atoms with E-state index in [2.05, 4.69) is 9.97 Å². The number of aliphatic hydroxyl groups excluding tert-OH is 3. The zero-order chi connectivity index (χ0) is 20.2. The van der Waals surface area contributed by atoms with Crippen molar-refractivity contribution in [2.75, 3.05) is 6.61 Å². The van der Waals surface area contributed by atoms with Crippen molar-refractivity contribution in [1.82, 2.24) is 9.97 Å². The van der Waals surface area contributed by atoms with Crippen LogP contribution < -0.4 is 4.74 Å². The molecule has 1 aliphatic heterocycles. The zero-order valence-corrected chi connectivity index (χ0v) is 15.3. The Bertz CT molecular complexity index is 1040. The Morgan fingerprint density at radius 2 is 1.79 bits per heavy atom. The van der Waals surface area contributed by atoms with Gasteiger partial charge in [-0.15, -0.1) is 0 Å². The molecule has 3 aromatic rings. The van der Waals surface area contributed by atoms with Gasteiger partial charge in [0.15, 0.2) is 5.79 Å². The lowest BCUT2D eigenvalue weighted by Gasteiger charge is -2.49. The molecule has 2 fully saturated rings. The predicted molar refractivity (Wildman–Crippen MR) is 102 cm³/mol. The molecule has 1 aromatic heterocycles. The summed E-state index contributed by atoms with van der Waals surface area (Å²) in [7, 11) is 0. The standard InChI is InChI=1S/C21H20N2O6/c24-9-15-18(25)19(26)17-20(29-21(15,17)27)28-14-4-1-11(2-5-14)12-3-6-16-13(7-12)8-22-10-23-16/h1-8,10,15,17-20,24-27H,9H2. The molecule has 0 spiro atoms. The van der Waals surface area contributed by atoms with Gasteiger partial charge in [0.2, 0.25) is 6.29 Å². The number of aromatic nitrogens is 2. The fourth-order valence-corrected chi connectivity index (χ4v) is 4.26. The molecule has 1 aliphatic carbocycles. The van der Waals surface area contributed by atoms with Gasteiger partial charge < -0.3 is 29.9 Å². The fraction of sp³-hybridized carbons (Fsp3) is 0.333. The summed E-state index contributed by atoms with van der Waals surface area (Å²) in [6.07, 6.45) is -0.150. The summed E-state index contributed by atoms with van der Waals surface area (Å²) in [6, 6.07) is 13.2. The molecule has 6 unspecified atom stereocenters. The van der Waals surface area contributed by atoms with Gasteiger partial charge in [0.1, 0.15) is 18.0 Å². The van der Waals surface area contributed by atoms with E-state index in [-0.39, 0.29) is 0 Å². The van der Waals surface area contributed by atoms with E-state index in [9.17, 15) is 20.4 Å². The lowest BCUT2D eigenvalue weighted by Crippen LogP contribution is -2.64. The third kappa shape index (κ3) is 2.80. The summed E-state index contributed by atoms with van der Waals surface area (Å²) in [6.45, 7) is -0.497. The molecule has 2 aromatic carbocycles. The summed E-state index contributed by atoms with van der Waals surface area (Å²) >= 11 is 0. The third-order valence-electron chi connectivity index (χ3n) is 5.88. The highest BCUT2D eigenvalue weighted by molar-refractivity contribution is 5.83. The SMILES string of the molecule is OCC1C(O)C(O)C2C(Oc3ccc(-c4ccc5ncncc5c4)cc3)OC12O. The van der Waals surface area contributed by atoms with Crippen LogP contribution in [0, 0.1) is 11.8 Å². The summed E-state index contributed by atoms with van der Waals surface area (Å²) in [4.78, 5) is 8.26. The highest BCUT2D eigenvalue weighted by atomic mass is 16.8. The summed E-state index contributed by atoms with van der Waals surface area (Å²) in [5.41, 5.74) is 2.86. The Labute approximate surface area is 166 Å². The van der Waals surface area contributed by atoms with Crippen LogP contribution in [-0.4, -0.2) is 61.3 Å². The van der Waals surface area contributed by atoms with E-state index in [4.69, 9.17) is 9.47 Å². The van der Waals surface area contributed by atoms with Crippen LogP contribution in [-0.2, 0) is 4.74 Å². The molecule has 0 bridgehead atoms. The van der Waals surface area contributed by atoms with Gasteiger partial charge in [-0.25, -0.2) is 9.97 Å². The van der Waals surface area contributed by atoms with Crippen molar-refractivity contribution in [3.8, 4) is 16.9 Å². The minimum atomic E-state index is -1.79. The molecule has 2 heterocycles. The first-order valence-corrected chi connectivity index (χ1v) is 9.35. The molecule has 5 rings (SSSR count). The summed E-state index contributed by atoms with van der Waals surface area (Å²) in [5.74, 6) is -3.10. The molecule has 150 valence electrons. The summed E-state index contributed by atoms with van der Waals surface area (Å²) < 4.78 is 11.1. The minimum Gasteiger partial charge on any atom is -0.464 e. The van der Waals surface area contributed by atoms with Crippen LogP contribution in [0.2, 0.25) is 0 Å². The molecule has 0 radical (unpaired) electrons. The Balaban J connectivity index is 1.32. The van der Waals surface area contributed by atoms with E-state index in [0.717, 1.165) is 22.0 Å².